The molecule has 0 fully saturated rings. The molecule has 0 aliphatic carbocycles. The highest BCUT2D eigenvalue weighted by Gasteiger charge is 2.52. The number of ketones is 2. The molecule has 1 aromatic heterocycles. The summed E-state index contributed by atoms with van der Waals surface area (Å²) < 4.78 is 296. The van der Waals surface area contributed by atoms with E-state index in [1.54, 1.807) is 65.8 Å². The van der Waals surface area contributed by atoms with Crippen molar-refractivity contribution in [2.75, 3.05) is 0 Å². The summed E-state index contributed by atoms with van der Waals surface area (Å²) in [5.41, 5.74) is -12.9. The average molecular weight is 982 g/mol. The van der Waals surface area contributed by atoms with Gasteiger partial charge in [0.2, 0.25) is 12.3 Å². The molecule has 0 aliphatic rings. The maximum atomic E-state index is 15.4. The van der Waals surface area contributed by atoms with E-state index >= 15 is 35.1 Å². The minimum atomic E-state index is -7.22. The van der Waals surface area contributed by atoms with E-state index in [0.717, 1.165) is 0 Å². The first-order chi connectivity index (χ1) is 32.0. The molecule has 0 spiro atoms. The molecule has 4 nitrogen and oxygen atoms in total. The first-order valence-electron chi connectivity index (χ1n) is 18.2. The van der Waals surface area contributed by atoms with Crippen molar-refractivity contribution >= 4 is 39.6 Å². The van der Waals surface area contributed by atoms with Gasteiger partial charge in [0.15, 0.2) is 88.0 Å². The molecule has 0 saturated heterocycles. The van der Waals surface area contributed by atoms with E-state index in [-0.39, 0.29) is 18.1 Å². The molecule has 0 unspecified atom stereocenters. The Morgan fingerprint density at radius 1 is 0.368 bits per heavy atom. The van der Waals surface area contributed by atoms with Crippen molar-refractivity contribution < 1.29 is 102 Å². The Hall–Kier alpha value is -7.60. The fraction of sp³-hybridized carbons (Fsp3) is 0.0233. The Bertz CT molecular complexity index is 2810. The highest BCUT2D eigenvalue weighted by molar-refractivity contribution is 7.20. The van der Waals surface area contributed by atoms with Gasteiger partial charge >= 0.3 is 0 Å². The van der Waals surface area contributed by atoms with Crippen molar-refractivity contribution in [3.05, 3.63) is 212 Å². The number of nitrogens with zero attached hydrogens (tertiary/aromatic N) is 2. The third-order valence-corrected chi connectivity index (χ3v) is 10.2. The average Bonchev–Trinajstić information content (AvgIpc) is 3.34. The number of carbonyl (C=O) groups excluding carboxylic acids is 2. The minimum absolute atomic E-state index is 0.110. The lowest BCUT2D eigenvalue weighted by atomic mass is 9.12. The summed E-state index contributed by atoms with van der Waals surface area (Å²) in [6.07, 6.45) is -0.535. The van der Waals surface area contributed by atoms with Gasteiger partial charge in [-0.1, -0.05) is 54.6 Å². The van der Waals surface area contributed by atoms with Gasteiger partial charge in [0.1, 0.15) is 52.7 Å². The summed E-state index contributed by atoms with van der Waals surface area (Å²) in [5.74, 6) is -71.7. The Morgan fingerprint density at radius 2 is 0.632 bits per heavy atom. The standard InChI is InChI=1S/C24BF20.C19H15N2O2/c26-5-1(6(27)14(35)21(42)13(5)34)25(2-7(28)15(36)22(43)16(37)8(2)29,3-9(30)17(38)23(44)18(39)10(3)31)4-11(32)19(40)24(45)20(41)12(4)33;22-18(14-21-12-10-20-11-13-21)16-8-4-5-9-17(16)19(23)15-6-2-1-3-7-15/h;1-13H,14H2/q-1;+1. The molecule has 68 heavy (non-hydrogen) atoms. The fourth-order valence-electron chi connectivity index (χ4n) is 7.25. The second-order valence-electron chi connectivity index (χ2n) is 13.9. The van der Waals surface area contributed by atoms with Crippen LogP contribution in [0.5, 0.6) is 0 Å². The van der Waals surface area contributed by atoms with Crippen molar-refractivity contribution in [2.45, 2.75) is 6.54 Å². The largest absolute Gasteiger partial charge is 0.289 e. The molecule has 0 saturated carbocycles. The van der Waals surface area contributed by atoms with Crippen LogP contribution in [-0.4, -0.2) is 22.7 Å². The van der Waals surface area contributed by atoms with Crippen LogP contribution in [0.25, 0.3) is 0 Å². The van der Waals surface area contributed by atoms with E-state index < -0.39 is 144 Å². The molecule has 0 aliphatic heterocycles. The predicted octanol–water partition coefficient (Wildman–Crippen LogP) is 8.33. The minimum Gasteiger partial charge on any atom is -0.289 e. The Balaban J connectivity index is 0.000000276. The second-order valence-corrected chi connectivity index (χ2v) is 13.9. The van der Waals surface area contributed by atoms with Gasteiger partial charge in [0, 0.05) is 16.7 Å². The van der Waals surface area contributed by atoms with Crippen molar-refractivity contribution in [3.63, 3.8) is 0 Å². The molecule has 0 N–H and O–H groups in total. The van der Waals surface area contributed by atoms with Gasteiger partial charge in [-0.25, -0.2) is 87.8 Å². The molecule has 0 bridgehead atoms. The number of carbonyl (C=O) groups is 2. The summed E-state index contributed by atoms with van der Waals surface area (Å²) in [5, 5.41) is 0. The molecule has 25 heteroatoms. The van der Waals surface area contributed by atoms with Gasteiger partial charge in [0.25, 0.3) is 0 Å². The molecule has 6 aromatic carbocycles. The van der Waals surface area contributed by atoms with Gasteiger partial charge < -0.3 is 0 Å². The predicted molar refractivity (Wildman–Crippen MR) is 194 cm³/mol. The number of Topliss-reactive ketones (excluding diaryl/α,β-unsaturated/α-hetero) is 1. The van der Waals surface area contributed by atoms with Crippen LogP contribution in [0.15, 0.2) is 79.4 Å². The first kappa shape index (κ1) is 49.8. The summed E-state index contributed by atoms with van der Waals surface area (Å²) in [6.45, 7) is 0.168. The van der Waals surface area contributed by atoms with Crippen LogP contribution >= 0.6 is 0 Å². The lowest BCUT2D eigenvalue weighted by Crippen LogP contribution is -2.81. The van der Waals surface area contributed by atoms with Crippen LogP contribution in [0, 0.1) is 116 Å². The van der Waals surface area contributed by atoms with E-state index in [1.165, 1.54) is 0 Å². The summed E-state index contributed by atoms with van der Waals surface area (Å²) >= 11 is 0. The van der Waals surface area contributed by atoms with E-state index in [0.29, 0.717) is 16.7 Å². The SMILES string of the molecule is Fc1c(F)c(F)c([B-](c2c(F)c(F)c(F)c(F)c2F)(c2c(F)c(F)c(F)c(F)c2F)c2c(F)c(F)c(F)c(F)c2F)c(F)c1F.O=C(C[n+]1ccncc1)c1ccccc1C(=O)c1ccccc1. The van der Waals surface area contributed by atoms with Crippen molar-refractivity contribution in [1.82, 2.24) is 4.98 Å². The number of hydrogen-bond acceptors (Lipinski definition) is 3. The zero-order valence-corrected chi connectivity index (χ0v) is 32.6. The van der Waals surface area contributed by atoms with Crippen LogP contribution in [0.2, 0.25) is 0 Å². The highest BCUT2D eigenvalue weighted by atomic mass is 19.2. The van der Waals surface area contributed by atoms with E-state index in [9.17, 15) is 62.3 Å². The molecule has 0 atom stereocenters. The van der Waals surface area contributed by atoms with Crippen LogP contribution < -0.4 is 26.4 Å². The van der Waals surface area contributed by atoms with Gasteiger partial charge in [-0.15, -0.1) is 21.9 Å². The summed E-state index contributed by atoms with van der Waals surface area (Å²) in [4.78, 5) is 29.2. The molecule has 1 heterocycles. The number of rotatable bonds is 9. The zero-order valence-electron chi connectivity index (χ0n) is 32.6. The molecule has 7 rings (SSSR count). The molecular weight excluding hydrogens is 967 g/mol. The lowest BCUT2D eigenvalue weighted by Gasteiger charge is -2.44. The fourth-order valence-corrected chi connectivity index (χ4v) is 7.25. The number of hydrogen-bond donors (Lipinski definition) is 0. The molecule has 352 valence electrons. The van der Waals surface area contributed by atoms with E-state index in [2.05, 4.69) is 4.98 Å². The molecule has 0 radical (unpaired) electrons. The third kappa shape index (κ3) is 7.97. The van der Waals surface area contributed by atoms with Crippen LogP contribution in [-0.2, 0) is 6.54 Å². The Kier molecular flexibility index (Phi) is 13.9. The molecule has 7 aromatic rings. The van der Waals surface area contributed by atoms with Gasteiger partial charge in [-0.2, -0.15) is 4.57 Å². The number of halogens is 20. The van der Waals surface area contributed by atoms with Crippen molar-refractivity contribution in [3.8, 4) is 0 Å². The number of aromatic nitrogens is 2. The molecule has 0 amide bonds. The highest BCUT2D eigenvalue weighted by Crippen LogP contribution is 2.31. The van der Waals surface area contributed by atoms with E-state index in [1.807, 2.05) is 18.2 Å². The van der Waals surface area contributed by atoms with Crippen LogP contribution in [0.1, 0.15) is 26.3 Å². The van der Waals surface area contributed by atoms with Crippen molar-refractivity contribution in [2.24, 2.45) is 0 Å². The monoisotopic (exact) mass is 982 g/mol. The summed E-state index contributed by atoms with van der Waals surface area (Å²) in [7, 11) is 0. The first-order valence-corrected chi connectivity index (χ1v) is 18.2. The molecular formula is C43H15BF20N2O2. The van der Waals surface area contributed by atoms with Crippen molar-refractivity contribution in [1.29, 1.82) is 0 Å². The Labute approximate surface area is 365 Å². The third-order valence-electron chi connectivity index (χ3n) is 10.2. The maximum absolute atomic E-state index is 15.4. The second kappa shape index (κ2) is 19.0. The van der Waals surface area contributed by atoms with Gasteiger partial charge in [-0.05, 0) is 0 Å². The smallest absolute Gasteiger partial charge is 0.228 e. The van der Waals surface area contributed by atoms with Crippen LogP contribution in [0.4, 0.5) is 87.8 Å². The number of benzene rings is 6. The zero-order chi connectivity index (χ0) is 50.4. The maximum Gasteiger partial charge on any atom is 0.228 e. The van der Waals surface area contributed by atoms with Crippen LogP contribution in [0.3, 0.4) is 0 Å². The van der Waals surface area contributed by atoms with E-state index in [4.69, 9.17) is 0 Å². The lowest BCUT2D eigenvalue weighted by molar-refractivity contribution is -0.683. The van der Waals surface area contributed by atoms with Gasteiger partial charge in [0.05, 0.1) is 12.4 Å². The topological polar surface area (TPSA) is 50.9 Å². The van der Waals surface area contributed by atoms with Gasteiger partial charge in [-0.3, -0.25) is 14.6 Å². The quantitative estimate of drug-likeness (QED) is 0.0366. The normalized spacial score (nSPS) is 11.4. The Morgan fingerprint density at radius 3 is 0.941 bits per heavy atom. The summed E-state index contributed by atoms with van der Waals surface area (Å²) in [6, 6.07) is 15.9.